The van der Waals surface area contributed by atoms with Crippen LogP contribution in [-0.2, 0) is 13.0 Å². The van der Waals surface area contributed by atoms with E-state index in [1.165, 1.54) is 5.56 Å². The highest BCUT2D eigenvalue weighted by molar-refractivity contribution is 6.30. The number of nitrogens with one attached hydrogen (secondary N) is 2. The van der Waals surface area contributed by atoms with Crippen molar-refractivity contribution in [2.75, 3.05) is 6.54 Å². The Kier molecular flexibility index (Phi) is 4.65. The zero-order valence-electron chi connectivity index (χ0n) is 12.5. The predicted octanol–water partition coefficient (Wildman–Crippen LogP) is 3.85. The molecule has 0 radical (unpaired) electrons. The van der Waals surface area contributed by atoms with Gasteiger partial charge in [-0.25, -0.2) is 4.79 Å². The van der Waals surface area contributed by atoms with E-state index in [2.05, 4.69) is 10.3 Å². The van der Waals surface area contributed by atoms with Gasteiger partial charge in [-0.15, -0.1) is 0 Å². The van der Waals surface area contributed by atoms with Gasteiger partial charge in [-0.05, 0) is 36.7 Å². The van der Waals surface area contributed by atoms with Crippen molar-refractivity contribution in [1.82, 2.24) is 10.3 Å². The molecule has 23 heavy (non-hydrogen) atoms. The molecule has 0 aliphatic heterocycles. The molecule has 118 valence electrons. The van der Waals surface area contributed by atoms with Gasteiger partial charge in [-0.1, -0.05) is 41.9 Å². The number of carboxylic acids is 1. The normalized spacial score (nSPS) is 11.0. The summed E-state index contributed by atoms with van der Waals surface area (Å²) in [6.07, 6.45) is 0.863. The minimum atomic E-state index is -0.935. The van der Waals surface area contributed by atoms with E-state index in [4.69, 9.17) is 11.6 Å². The molecule has 5 heteroatoms. The number of benzene rings is 2. The molecule has 0 saturated carbocycles. The smallest absolute Gasteiger partial charge is 0.352 e. The van der Waals surface area contributed by atoms with E-state index in [-0.39, 0.29) is 5.69 Å². The third-order valence-corrected chi connectivity index (χ3v) is 4.08. The first-order valence-electron chi connectivity index (χ1n) is 7.43. The minimum Gasteiger partial charge on any atom is -0.477 e. The summed E-state index contributed by atoms with van der Waals surface area (Å²) >= 11 is 5.87. The van der Waals surface area contributed by atoms with Gasteiger partial charge in [0.15, 0.2) is 0 Å². The van der Waals surface area contributed by atoms with Crippen LogP contribution >= 0.6 is 11.6 Å². The second-order valence-corrected chi connectivity index (χ2v) is 5.82. The number of para-hydroxylation sites is 1. The van der Waals surface area contributed by atoms with Crippen LogP contribution < -0.4 is 5.32 Å². The summed E-state index contributed by atoms with van der Waals surface area (Å²) in [7, 11) is 0. The molecule has 4 nitrogen and oxygen atoms in total. The number of hydrogen-bond donors (Lipinski definition) is 3. The van der Waals surface area contributed by atoms with Crippen LogP contribution in [0.3, 0.4) is 0 Å². The van der Waals surface area contributed by atoms with Crippen molar-refractivity contribution in [3.05, 3.63) is 70.4 Å². The average molecular weight is 329 g/mol. The summed E-state index contributed by atoms with van der Waals surface area (Å²) in [5, 5.41) is 14.4. The van der Waals surface area contributed by atoms with Gasteiger partial charge in [-0.2, -0.15) is 0 Å². The number of halogens is 1. The second-order valence-electron chi connectivity index (χ2n) is 5.38. The molecule has 1 heterocycles. The lowest BCUT2D eigenvalue weighted by atomic mass is 10.1. The molecule has 0 unspecified atom stereocenters. The number of rotatable bonds is 6. The van der Waals surface area contributed by atoms with Crippen LogP contribution in [0.1, 0.15) is 21.6 Å². The fraction of sp³-hybridized carbons (Fsp3) is 0.167. The molecule has 3 aromatic rings. The van der Waals surface area contributed by atoms with Crippen LogP contribution in [-0.4, -0.2) is 22.6 Å². The highest BCUT2D eigenvalue weighted by atomic mass is 35.5. The van der Waals surface area contributed by atoms with Gasteiger partial charge in [0.25, 0.3) is 0 Å². The van der Waals surface area contributed by atoms with E-state index in [9.17, 15) is 9.90 Å². The van der Waals surface area contributed by atoms with E-state index < -0.39 is 5.97 Å². The Balaban J connectivity index is 1.68. The molecule has 0 saturated heterocycles. The maximum Gasteiger partial charge on any atom is 0.352 e. The zero-order chi connectivity index (χ0) is 16.2. The number of carboxylic acid groups (broad SMARTS) is 1. The summed E-state index contributed by atoms with van der Waals surface area (Å²) in [4.78, 5) is 14.4. The third kappa shape index (κ3) is 3.55. The van der Waals surface area contributed by atoms with Crippen molar-refractivity contribution in [2.45, 2.75) is 13.0 Å². The maximum atomic E-state index is 11.4. The van der Waals surface area contributed by atoms with E-state index in [0.717, 1.165) is 34.5 Å². The highest BCUT2D eigenvalue weighted by Gasteiger charge is 2.16. The first kappa shape index (κ1) is 15.6. The van der Waals surface area contributed by atoms with Crippen molar-refractivity contribution in [1.29, 1.82) is 0 Å². The molecule has 0 spiro atoms. The van der Waals surface area contributed by atoms with Crippen LogP contribution in [0.25, 0.3) is 10.9 Å². The molecule has 2 aromatic carbocycles. The predicted molar refractivity (Wildman–Crippen MR) is 92.1 cm³/mol. The minimum absolute atomic E-state index is 0.255. The average Bonchev–Trinajstić information content (AvgIpc) is 2.92. The number of hydrogen-bond acceptors (Lipinski definition) is 2. The monoisotopic (exact) mass is 328 g/mol. The van der Waals surface area contributed by atoms with Crippen molar-refractivity contribution in [3.8, 4) is 0 Å². The molecule has 3 N–H and O–H groups in total. The first-order valence-corrected chi connectivity index (χ1v) is 7.81. The van der Waals surface area contributed by atoms with Crippen LogP contribution in [0.5, 0.6) is 0 Å². The Bertz CT molecular complexity index is 825. The van der Waals surface area contributed by atoms with E-state index in [1.807, 2.05) is 48.5 Å². The molecule has 0 fully saturated rings. The number of aromatic carboxylic acids is 1. The van der Waals surface area contributed by atoms with Crippen LogP contribution in [0, 0.1) is 0 Å². The largest absolute Gasteiger partial charge is 0.477 e. The quantitative estimate of drug-likeness (QED) is 0.602. The molecule has 0 aliphatic rings. The van der Waals surface area contributed by atoms with Gasteiger partial charge in [0.05, 0.1) is 0 Å². The van der Waals surface area contributed by atoms with Gasteiger partial charge in [-0.3, -0.25) is 0 Å². The van der Waals surface area contributed by atoms with Crippen molar-refractivity contribution in [3.63, 3.8) is 0 Å². The topological polar surface area (TPSA) is 65.1 Å². The number of carbonyl (C=O) groups is 1. The summed E-state index contributed by atoms with van der Waals surface area (Å²) < 4.78 is 0. The molecule has 0 atom stereocenters. The Morgan fingerprint density at radius 2 is 1.87 bits per heavy atom. The lowest BCUT2D eigenvalue weighted by Gasteiger charge is -2.06. The van der Waals surface area contributed by atoms with Crippen LogP contribution in [0.4, 0.5) is 0 Å². The maximum absolute atomic E-state index is 11.4. The SMILES string of the molecule is O=C(O)c1[nH]c2ccccc2c1CNCCc1ccc(Cl)cc1. The molecule has 0 amide bonds. The molecule has 0 aliphatic carbocycles. The number of aromatic nitrogens is 1. The van der Waals surface area contributed by atoms with E-state index in [1.54, 1.807) is 0 Å². The fourth-order valence-electron chi connectivity index (χ4n) is 2.66. The lowest BCUT2D eigenvalue weighted by Crippen LogP contribution is -2.18. The number of fused-ring (bicyclic) bond motifs is 1. The standard InChI is InChI=1S/C18H17ClN2O2/c19-13-7-5-12(6-8-13)9-10-20-11-15-14-3-1-2-4-16(14)21-17(15)18(22)23/h1-8,20-21H,9-11H2,(H,22,23). The third-order valence-electron chi connectivity index (χ3n) is 3.83. The van der Waals surface area contributed by atoms with Crippen LogP contribution in [0.15, 0.2) is 48.5 Å². The lowest BCUT2D eigenvalue weighted by molar-refractivity contribution is 0.0690. The second kappa shape index (κ2) is 6.86. The van der Waals surface area contributed by atoms with E-state index >= 15 is 0 Å². The molecular formula is C18H17ClN2O2. The summed E-state index contributed by atoms with van der Waals surface area (Å²) in [6, 6.07) is 15.4. The number of H-pyrrole nitrogens is 1. The van der Waals surface area contributed by atoms with Crippen molar-refractivity contribution >= 4 is 28.5 Å². The Morgan fingerprint density at radius 3 is 2.61 bits per heavy atom. The first-order chi connectivity index (χ1) is 11.1. The number of aromatic amines is 1. The van der Waals surface area contributed by atoms with Crippen molar-refractivity contribution < 1.29 is 9.90 Å². The van der Waals surface area contributed by atoms with E-state index in [0.29, 0.717) is 6.54 Å². The highest BCUT2D eigenvalue weighted by Crippen LogP contribution is 2.22. The Hall–Kier alpha value is -2.30. The van der Waals surface area contributed by atoms with Crippen molar-refractivity contribution in [2.24, 2.45) is 0 Å². The van der Waals surface area contributed by atoms with Crippen LogP contribution in [0.2, 0.25) is 5.02 Å². The summed E-state index contributed by atoms with van der Waals surface area (Å²) in [6.45, 7) is 1.28. The van der Waals surface area contributed by atoms with Gasteiger partial charge >= 0.3 is 5.97 Å². The Morgan fingerprint density at radius 1 is 1.13 bits per heavy atom. The van der Waals surface area contributed by atoms with Gasteiger partial charge in [0.2, 0.25) is 0 Å². The molecule has 0 bridgehead atoms. The van der Waals surface area contributed by atoms with Gasteiger partial charge < -0.3 is 15.4 Å². The zero-order valence-corrected chi connectivity index (χ0v) is 13.2. The van der Waals surface area contributed by atoms with Gasteiger partial charge in [0, 0.05) is 28.0 Å². The summed E-state index contributed by atoms with van der Waals surface area (Å²) in [5.41, 5.74) is 3.09. The Labute approximate surface area is 139 Å². The fourth-order valence-corrected chi connectivity index (χ4v) is 2.79. The van der Waals surface area contributed by atoms with Gasteiger partial charge in [0.1, 0.15) is 5.69 Å². The molecule has 3 rings (SSSR count). The summed E-state index contributed by atoms with van der Waals surface area (Å²) in [5.74, 6) is -0.935. The molecular weight excluding hydrogens is 312 g/mol. The molecule has 1 aromatic heterocycles.